The topological polar surface area (TPSA) is 117 Å². The van der Waals surface area contributed by atoms with E-state index in [1.165, 1.54) is 0 Å². The third kappa shape index (κ3) is 9.93. The van der Waals surface area contributed by atoms with Gasteiger partial charge in [0.2, 0.25) is 0 Å². The van der Waals surface area contributed by atoms with E-state index in [0.717, 1.165) is 0 Å². The molecule has 0 aromatic heterocycles. The number of hydrogen-bond acceptors (Lipinski definition) is 4. The summed E-state index contributed by atoms with van der Waals surface area (Å²) >= 11 is 0. The summed E-state index contributed by atoms with van der Waals surface area (Å²) in [6.07, 6.45) is 0. The summed E-state index contributed by atoms with van der Waals surface area (Å²) < 4.78 is 36.3. The molecule has 48 valence electrons. The third-order valence-electron chi connectivity index (χ3n) is 0.111. The minimum absolute atomic E-state index is 0. The van der Waals surface area contributed by atoms with Gasteiger partial charge < -0.3 is 15.3 Å². The van der Waals surface area contributed by atoms with E-state index in [0.29, 0.717) is 0 Å². The molecule has 0 aromatic rings. The molecular weight excluding hydrogens is 208 g/mol. The van der Waals surface area contributed by atoms with Gasteiger partial charge in [-0.15, -0.1) is 0 Å². The van der Waals surface area contributed by atoms with E-state index in [9.17, 15) is 0 Å². The van der Waals surface area contributed by atoms with Crippen LogP contribution in [0.5, 0.6) is 0 Å². The van der Waals surface area contributed by atoms with Crippen molar-refractivity contribution < 1.29 is 37.0 Å². The zero-order valence-corrected chi connectivity index (χ0v) is 8.76. The Hall–Kier alpha value is 0.803. The molecule has 5 nitrogen and oxygen atoms in total. The Labute approximate surface area is 63.5 Å². The molecule has 4 N–H and O–H groups in total. The monoisotopic (exact) mass is 210 g/mol. The molecule has 2 atom stereocenters. The van der Waals surface area contributed by atoms with E-state index in [-0.39, 0.29) is 25.6 Å². The van der Waals surface area contributed by atoms with Crippen molar-refractivity contribution in [2.24, 2.45) is 0 Å². The van der Waals surface area contributed by atoms with E-state index < -0.39 is 20.2 Å². The first-order chi connectivity index (χ1) is 2.64. The van der Waals surface area contributed by atoms with Crippen LogP contribution in [0.2, 0.25) is 0 Å². The molecular formula is H4NO4S2Zn-. The van der Waals surface area contributed by atoms with E-state index in [2.05, 4.69) is 0 Å². The fraction of sp³-hybridized carbons (Fsp3) is 0. The Kier molecular flexibility index (Phi) is 15.5. The second kappa shape index (κ2) is 7.80. The number of rotatable bonds is 1. The van der Waals surface area contributed by atoms with Crippen molar-refractivity contribution in [3.8, 4) is 0 Å². The first-order valence-electron chi connectivity index (χ1n) is 0.833. The average molecular weight is 212 g/mol. The van der Waals surface area contributed by atoms with E-state index >= 15 is 0 Å². The second-order valence-electron chi connectivity index (χ2n) is 0.408. The van der Waals surface area contributed by atoms with Gasteiger partial charge in [0.25, 0.3) is 0 Å². The van der Waals surface area contributed by atoms with Crippen molar-refractivity contribution in [2.75, 3.05) is 0 Å². The number of quaternary nitrogens is 1. The molecule has 0 aliphatic heterocycles. The smallest absolute Gasteiger partial charge is 0.0242 e. The zero-order chi connectivity index (χ0) is 5.15. The van der Waals surface area contributed by atoms with Gasteiger partial charge in [-0.3, -0.25) is 8.42 Å². The van der Waals surface area contributed by atoms with Gasteiger partial charge in [0.1, 0.15) is 0 Å². The Morgan fingerprint density at radius 3 is 1.12 bits per heavy atom. The summed E-state index contributed by atoms with van der Waals surface area (Å²) in [7, 11) is -5.90. The maximum atomic E-state index is 9.09. The molecule has 0 aromatic carbocycles. The van der Waals surface area contributed by atoms with Crippen LogP contribution < -0.4 is 6.15 Å². The van der Waals surface area contributed by atoms with Crippen molar-refractivity contribution in [1.29, 1.82) is 0 Å². The molecule has 0 amide bonds. The molecule has 0 aliphatic carbocycles. The normalized spacial score (nSPS) is 14.8. The van der Waals surface area contributed by atoms with E-state index in [1.807, 2.05) is 0 Å². The summed E-state index contributed by atoms with van der Waals surface area (Å²) in [6, 6.07) is 0. The molecule has 0 saturated heterocycles. The molecule has 0 aliphatic rings. The van der Waals surface area contributed by atoms with Crippen LogP contribution in [-0.4, -0.2) is 17.5 Å². The largest absolute Gasteiger partial charge is 0.763 e. The zero-order valence-electron chi connectivity index (χ0n) is 4.16. The molecule has 0 radical (unpaired) electrons. The standard InChI is InChI=1S/H3N.H2O4S2.Zn/c;1-5(2)6(3)4;/h1H3;(H,1,2)(H,3,4);/p-1. The molecule has 0 heterocycles. The van der Waals surface area contributed by atoms with E-state index in [4.69, 9.17) is 17.5 Å². The van der Waals surface area contributed by atoms with Crippen LogP contribution in [0.4, 0.5) is 0 Å². The quantitative estimate of drug-likeness (QED) is 0.341. The minimum Gasteiger partial charge on any atom is -0.763 e. The first kappa shape index (κ1) is 15.9. The molecule has 8 heavy (non-hydrogen) atoms. The van der Waals surface area contributed by atoms with Crippen LogP contribution in [0.15, 0.2) is 0 Å². The van der Waals surface area contributed by atoms with Crippen molar-refractivity contribution in [3.05, 3.63) is 0 Å². The Morgan fingerprint density at radius 1 is 1.00 bits per heavy atom. The predicted octanol–water partition coefficient (Wildman–Crippen LogP) is -0.967. The van der Waals surface area contributed by atoms with Crippen molar-refractivity contribution in [3.63, 3.8) is 0 Å². The maximum absolute atomic E-state index is 9.09. The Morgan fingerprint density at radius 2 is 1.12 bits per heavy atom. The fourth-order valence-electron chi connectivity index (χ4n) is 0. The molecule has 0 rings (SSSR count). The van der Waals surface area contributed by atoms with Gasteiger partial charge in [0.15, 0.2) is 0 Å². The van der Waals surface area contributed by atoms with Crippen LogP contribution >= 0.6 is 0 Å². The van der Waals surface area contributed by atoms with Gasteiger partial charge in [-0.25, -0.2) is 0 Å². The summed E-state index contributed by atoms with van der Waals surface area (Å²) in [5.74, 6) is 0. The van der Waals surface area contributed by atoms with Crippen LogP contribution in [0.1, 0.15) is 0 Å². The molecule has 0 bridgehead atoms. The first-order valence-corrected chi connectivity index (χ1v) is 3.50. The van der Waals surface area contributed by atoms with Gasteiger partial charge in [-0.2, -0.15) is 0 Å². The summed E-state index contributed by atoms with van der Waals surface area (Å²) in [5.41, 5.74) is 0. The molecule has 0 fully saturated rings. The molecule has 8 heteroatoms. The summed E-state index contributed by atoms with van der Waals surface area (Å²) in [6.45, 7) is 0. The molecule has 0 saturated carbocycles. The van der Waals surface area contributed by atoms with Crippen LogP contribution in [0, 0.1) is 0 Å². The fourth-order valence-corrected chi connectivity index (χ4v) is 0. The van der Waals surface area contributed by atoms with Crippen molar-refractivity contribution in [2.45, 2.75) is 0 Å². The van der Waals surface area contributed by atoms with Crippen molar-refractivity contribution in [1.82, 2.24) is 6.15 Å². The van der Waals surface area contributed by atoms with Crippen LogP contribution in [0.3, 0.4) is 0 Å². The molecule has 0 spiro atoms. The summed E-state index contributed by atoms with van der Waals surface area (Å²) in [4.78, 5) is 0. The second-order valence-corrected chi connectivity index (χ2v) is 2.86. The predicted molar refractivity (Wildman–Crippen MR) is 23.8 cm³/mol. The average Bonchev–Trinajstić information content (AvgIpc) is 1.36. The number of hydrogen-bond donors (Lipinski definition) is 1. The Bertz CT molecular complexity index is 80.0. The van der Waals surface area contributed by atoms with Gasteiger partial charge in [-0.05, 0) is 0 Å². The van der Waals surface area contributed by atoms with Crippen LogP contribution in [0.25, 0.3) is 0 Å². The van der Waals surface area contributed by atoms with Gasteiger partial charge in [0.05, 0.1) is 0 Å². The SMILES string of the molecule is O=S([O-])S(=O)[O-].[NH4+].[Zn]. The van der Waals surface area contributed by atoms with Gasteiger partial charge in [0, 0.05) is 39.7 Å². The Balaban J connectivity index is -0.000000125. The third-order valence-corrected chi connectivity index (χ3v) is 1.00. The minimum atomic E-state index is -2.95. The van der Waals surface area contributed by atoms with Crippen LogP contribution in [-0.2, 0) is 39.7 Å². The summed E-state index contributed by atoms with van der Waals surface area (Å²) in [5, 5.41) is 0. The maximum Gasteiger partial charge on any atom is 0.0242 e. The van der Waals surface area contributed by atoms with Gasteiger partial charge >= 0.3 is 0 Å². The van der Waals surface area contributed by atoms with Crippen molar-refractivity contribution >= 4 is 20.2 Å². The molecule has 2 unspecified atom stereocenters. The van der Waals surface area contributed by atoms with E-state index in [1.54, 1.807) is 0 Å². The van der Waals surface area contributed by atoms with Gasteiger partial charge in [-0.1, -0.05) is 0 Å².